The second-order valence-electron chi connectivity index (χ2n) is 6.81. The van der Waals surface area contributed by atoms with E-state index in [0.717, 1.165) is 11.3 Å². The minimum Gasteiger partial charge on any atom is -0.491 e. The lowest BCUT2D eigenvalue weighted by atomic mass is 10.1. The third-order valence-corrected chi connectivity index (χ3v) is 4.37. The fraction of sp³-hybridized carbons (Fsp3) is 0.409. The number of carbonyl (C=O) groups is 1. The van der Waals surface area contributed by atoms with Crippen molar-refractivity contribution in [3.8, 4) is 5.75 Å². The highest BCUT2D eigenvalue weighted by molar-refractivity contribution is 6.18. The zero-order chi connectivity index (χ0) is 20.4. The van der Waals surface area contributed by atoms with Crippen LogP contribution in [0.3, 0.4) is 0 Å². The fourth-order valence-electron chi connectivity index (χ4n) is 2.64. The maximum absolute atomic E-state index is 12.5. The van der Waals surface area contributed by atoms with Gasteiger partial charge in [0.25, 0.3) is 0 Å². The number of benzene rings is 2. The lowest BCUT2D eigenvalue weighted by Gasteiger charge is -2.26. The van der Waals surface area contributed by atoms with Crippen LogP contribution in [0.2, 0.25) is 0 Å². The SMILES string of the molecule is CC(C)COc1cc(C(=O)OCc2ccccc2)ccc1N(CCCl)CCCl. The van der Waals surface area contributed by atoms with Gasteiger partial charge in [-0.25, -0.2) is 4.79 Å². The molecule has 0 aromatic heterocycles. The van der Waals surface area contributed by atoms with Gasteiger partial charge in [0.15, 0.2) is 0 Å². The zero-order valence-electron chi connectivity index (χ0n) is 16.4. The lowest BCUT2D eigenvalue weighted by molar-refractivity contribution is 0.0472. The Morgan fingerprint density at radius 3 is 2.32 bits per heavy atom. The predicted molar refractivity (Wildman–Crippen MR) is 116 cm³/mol. The van der Waals surface area contributed by atoms with E-state index in [0.29, 0.717) is 48.7 Å². The molecule has 28 heavy (non-hydrogen) atoms. The van der Waals surface area contributed by atoms with Crippen molar-refractivity contribution in [3.63, 3.8) is 0 Å². The molecule has 0 atom stereocenters. The Hall–Kier alpha value is -1.91. The molecule has 0 aliphatic carbocycles. The molecule has 2 aromatic carbocycles. The summed E-state index contributed by atoms with van der Waals surface area (Å²) in [7, 11) is 0. The second-order valence-corrected chi connectivity index (χ2v) is 7.57. The molecule has 0 aliphatic heterocycles. The second kappa shape index (κ2) is 11.8. The van der Waals surface area contributed by atoms with Crippen LogP contribution in [0.15, 0.2) is 48.5 Å². The zero-order valence-corrected chi connectivity index (χ0v) is 17.9. The summed E-state index contributed by atoms with van der Waals surface area (Å²) in [4.78, 5) is 14.6. The molecule has 2 aromatic rings. The molecule has 152 valence electrons. The monoisotopic (exact) mass is 423 g/mol. The van der Waals surface area contributed by atoms with Gasteiger partial charge < -0.3 is 14.4 Å². The van der Waals surface area contributed by atoms with Crippen molar-refractivity contribution in [1.82, 2.24) is 0 Å². The van der Waals surface area contributed by atoms with Crippen molar-refractivity contribution < 1.29 is 14.3 Å². The van der Waals surface area contributed by atoms with Crippen molar-refractivity contribution in [2.75, 3.05) is 36.4 Å². The Morgan fingerprint density at radius 2 is 1.71 bits per heavy atom. The molecule has 6 heteroatoms. The fourth-order valence-corrected chi connectivity index (χ4v) is 3.05. The van der Waals surface area contributed by atoms with E-state index in [1.165, 1.54) is 0 Å². The minimum atomic E-state index is -0.383. The van der Waals surface area contributed by atoms with Crippen molar-refractivity contribution in [1.29, 1.82) is 0 Å². The van der Waals surface area contributed by atoms with Crippen LogP contribution in [-0.2, 0) is 11.3 Å². The van der Waals surface area contributed by atoms with E-state index < -0.39 is 0 Å². The molecule has 0 heterocycles. The van der Waals surface area contributed by atoms with Crippen molar-refractivity contribution in [2.45, 2.75) is 20.5 Å². The molecule has 0 amide bonds. The van der Waals surface area contributed by atoms with E-state index >= 15 is 0 Å². The number of esters is 1. The average Bonchev–Trinajstić information content (AvgIpc) is 2.71. The highest BCUT2D eigenvalue weighted by atomic mass is 35.5. The lowest BCUT2D eigenvalue weighted by Crippen LogP contribution is -2.28. The Kier molecular flexibility index (Phi) is 9.45. The number of hydrogen-bond acceptors (Lipinski definition) is 4. The Morgan fingerprint density at radius 1 is 1.04 bits per heavy atom. The van der Waals surface area contributed by atoms with Crippen LogP contribution >= 0.6 is 23.2 Å². The summed E-state index contributed by atoms with van der Waals surface area (Å²) < 4.78 is 11.4. The van der Waals surface area contributed by atoms with Gasteiger partial charge in [0.05, 0.1) is 17.9 Å². The van der Waals surface area contributed by atoms with Gasteiger partial charge in [0.1, 0.15) is 12.4 Å². The summed E-state index contributed by atoms with van der Waals surface area (Å²) in [5.74, 6) is 1.56. The van der Waals surface area contributed by atoms with Crippen LogP contribution in [0.1, 0.15) is 29.8 Å². The first-order chi connectivity index (χ1) is 13.5. The summed E-state index contributed by atoms with van der Waals surface area (Å²) in [5.41, 5.74) is 2.27. The number of ether oxygens (including phenoxy) is 2. The van der Waals surface area contributed by atoms with Gasteiger partial charge in [-0.15, -0.1) is 23.2 Å². The third-order valence-electron chi connectivity index (χ3n) is 4.03. The first-order valence-corrected chi connectivity index (χ1v) is 10.5. The van der Waals surface area contributed by atoms with Crippen LogP contribution in [0, 0.1) is 5.92 Å². The van der Waals surface area contributed by atoms with Crippen LogP contribution in [0.25, 0.3) is 0 Å². The van der Waals surface area contributed by atoms with E-state index in [9.17, 15) is 4.79 Å². The average molecular weight is 424 g/mol. The normalized spacial score (nSPS) is 10.8. The topological polar surface area (TPSA) is 38.8 Å². The largest absolute Gasteiger partial charge is 0.491 e. The molecule has 0 fully saturated rings. The summed E-state index contributed by atoms with van der Waals surface area (Å²) in [6.07, 6.45) is 0. The first kappa shape index (κ1) is 22.4. The Labute approximate surface area is 177 Å². The van der Waals surface area contributed by atoms with E-state index in [4.69, 9.17) is 32.7 Å². The highest BCUT2D eigenvalue weighted by Crippen LogP contribution is 2.30. The van der Waals surface area contributed by atoms with E-state index in [1.807, 2.05) is 36.4 Å². The molecule has 0 saturated heterocycles. The van der Waals surface area contributed by atoms with E-state index in [-0.39, 0.29) is 12.6 Å². The summed E-state index contributed by atoms with van der Waals surface area (Å²) in [6, 6.07) is 15.0. The molecule has 0 saturated carbocycles. The molecule has 4 nitrogen and oxygen atoms in total. The van der Waals surface area contributed by atoms with Gasteiger partial charge in [0.2, 0.25) is 0 Å². The van der Waals surface area contributed by atoms with Gasteiger partial charge in [-0.05, 0) is 29.7 Å². The van der Waals surface area contributed by atoms with Crippen LogP contribution in [-0.4, -0.2) is 37.4 Å². The van der Waals surface area contributed by atoms with Crippen molar-refractivity contribution in [2.24, 2.45) is 5.92 Å². The number of hydrogen-bond donors (Lipinski definition) is 0. The smallest absolute Gasteiger partial charge is 0.338 e. The highest BCUT2D eigenvalue weighted by Gasteiger charge is 2.17. The van der Waals surface area contributed by atoms with Crippen molar-refractivity contribution in [3.05, 3.63) is 59.7 Å². The van der Waals surface area contributed by atoms with Gasteiger partial charge in [-0.2, -0.15) is 0 Å². The van der Waals surface area contributed by atoms with Crippen LogP contribution in [0.5, 0.6) is 5.75 Å². The minimum absolute atomic E-state index is 0.230. The number of anilines is 1. The number of nitrogens with zero attached hydrogens (tertiary/aromatic N) is 1. The number of alkyl halides is 2. The quantitative estimate of drug-likeness (QED) is 0.360. The van der Waals surface area contributed by atoms with E-state index in [2.05, 4.69) is 18.7 Å². The molecule has 0 radical (unpaired) electrons. The predicted octanol–water partition coefficient (Wildman–Crippen LogP) is 5.36. The van der Waals surface area contributed by atoms with E-state index in [1.54, 1.807) is 12.1 Å². The van der Waals surface area contributed by atoms with Crippen molar-refractivity contribution >= 4 is 34.9 Å². The maximum Gasteiger partial charge on any atom is 0.338 e. The van der Waals surface area contributed by atoms with Crippen LogP contribution < -0.4 is 9.64 Å². The van der Waals surface area contributed by atoms with Crippen LogP contribution in [0.4, 0.5) is 5.69 Å². The standard InChI is InChI=1S/C22H27Cl2NO3/c1-17(2)15-27-21-14-19(8-9-20(21)25(12-10-23)13-11-24)22(26)28-16-18-6-4-3-5-7-18/h3-9,14,17H,10-13,15-16H2,1-2H3. The molecule has 0 unspecified atom stereocenters. The molecular weight excluding hydrogens is 397 g/mol. The summed E-state index contributed by atoms with van der Waals surface area (Å²) in [5, 5.41) is 0. The molecule has 0 bridgehead atoms. The first-order valence-electron chi connectivity index (χ1n) is 9.40. The third kappa shape index (κ3) is 6.92. The van der Waals surface area contributed by atoms with Gasteiger partial charge in [-0.1, -0.05) is 44.2 Å². The molecule has 0 spiro atoms. The molecule has 2 rings (SSSR count). The number of rotatable bonds is 11. The Bertz CT molecular complexity index is 732. The Balaban J connectivity index is 2.20. The van der Waals surface area contributed by atoms with Gasteiger partial charge in [-0.3, -0.25) is 0 Å². The molecule has 0 aliphatic rings. The maximum atomic E-state index is 12.5. The molecule has 0 N–H and O–H groups in total. The summed E-state index contributed by atoms with van der Waals surface area (Å²) >= 11 is 11.9. The summed E-state index contributed by atoms with van der Waals surface area (Å²) in [6.45, 7) is 6.22. The molecular formula is C22H27Cl2NO3. The number of carbonyl (C=O) groups excluding carboxylic acids is 1. The van der Waals surface area contributed by atoms with Gasteiger partial charge >= 0.3 is 5.97 Å². The van der Waals surface area contributed by atoms with Gasteiger partial charge in [0, 0.05) is 24.8 Å². The number of halogens is 2.